The van der Waals surface area contributed by atoms with E-state index in [0.29, 0.717) is 28.9 Å². The quantitative estimate of drug-likeness (QED) is 0.590. The Balaban J connectivity index is 1.38. The molecule has 1 aromatic carbocycles. The summed E-state index contributed by atoms with van der Waals surface area (Å²) in [7, 11) is 0. The van der Waals surface area contributed by atoms with E-state index < -0.39 is 0 Å². The van der Waals surface area contributed by atoms with Crippen LogP contribution in [0.25, 0.3) is 0 Å². The fraction of sp³-hybridized carbons (Fsp3) is 0.786. The highest BCUT2D eigenvalue weighted by Crippen LogP contribution is 2.68. The summed E-state index contributed by atoms with van der Waals surface area (Å²) >= 11 is 0. The van der Waals surface area contributed by atoms with E-state index >= 15 is 0 Å². The molecule has 0 spiro atoms. The Labute approximate surface area is 183 Å². The van der Waals surface area contributed by atoms with Gasteiger partial charge >= 0.3 is 0 Å². The number of aliphatic hydroxyl groups is 1. The molecule has 0 amide bonds. The van der Waals surface area contributed by atoms with Gasteiger partial charge in [-0.2, -0.15) is 0 Å². The molecule has 9 atom stereocenters. The number of benzene rings is 1. The minimum Gasteiger partial charge on any atom is -0.508 e. The van der Waals surface area contributed by atoms with Crippen molar-refractivity contribution >= 4 is 0 Å². The summed E-state index contributed by atoms with van der Waals surface area (Å²) in [5.74, 6) is 4.55. The van der Waals surface area contributed by atoms with Gasteiger partial charge in [0.2, 0.25) is 0 Å². The molecule has 0 saturated heterocycles. The molecule has 1 aromatic rings. The number of hydrogen-bond donors (Lipinski definition) is 2. The highest BCUT2D eigenvalue weighted by Gasteiger charge is 2.62. The maximum atomic E-state index is 11.3. The Morgan fingerprint density at radius 2 is 1.83 bits per heavy atom. The summed E-state index contributed by atoms with van der Waals surface area (Å²) in [6, 6.07) is 7.72. The van der Waals surface area contributed by atoms with Crippen molar-refractivity contribution in [2.45, 2.75) is 91.1 Å². The largest absolute Gasteiger partial charge is 0.508 e. The zero-order chi connectivity index (χ0) is 21.1. The summed E-state index contributed by atoms with van der Waals surface area (Å²) in [6.07, 6.45) is 13.1. The first kappa shape index (κ1) is 20.9. The minimum absolute atomic E-state index is 0.164. The van der Waals surface area contributed by atoms with Crippen LogP contribution >= 0.6 is 0 Å². The van der Waals surface area contributed by atoms with Gasteiger partial charge in [-0.1, -0.05) is 45.7 Å². The molecular formula is C28H42O2. The second-order valence-electron chi connectivity index (χ2n) is 12.1. The van der Waals surface area contributed by atoms with Crippen LogP contribution in [0.2, 0.25) is 0 Å². The number of fused-ring (bicyclic) bond motifs is 5. The number of phenolic OH excluding ortho intramolecular Hbond substituents is 1. The number of rotatable bonds is 3. The van der Waals surface area contributed by atoms with E-state index in [1.54, 1.807) is 6.07 Å². The summed E-state index contributed by atoms with van der Waals surface area (Å²) < 4.78 is 0. The lowest BCUT2D eigenvalue weighted by molar-refractivity contribution is -0.115. The van der Waals surface area contributed by atoms with Gasteiger partial charge in [-0.05, 0) is 115 Å². The first-order valence-corrected chi connectivity index (χ1v) is 12.8. The number of aromatic hydroxyl groups is 1. The molecule has 4 saturated carbocycles. The van der Waals surface area contributed by atoms with Crippen molar-refractivity contribution in [2.75, 3.05) is 0 Å². The van der Waals surface area contributed by atoms with Gasteiger partial charge in [0, 0.05) is 0 Å². The summed E-state index contributed by atoms with van der Waals surface area (Å²) in [6.45, 7) is 7.52. The predicted octanol–water partition coefficient (Wildman–Crippen LogP) is 6.59. The Bertz CT molecular complexity index is 774. The Kier molecular flexibility index (Phi) is 5.24. The SMILES string of the molecule is CC(Cc1cccc(O)c1)[C@H]1[C@@H](O)C[C@H]2[C@@H]3CCC4CCCC[C@]4(C)[C@H]3CC[C@@]21C. The molecule has 0 aromatic heterocycles. The van der Waals surface area contributed by atoms with Gasteiger partial charge in [0.1, 0.15) is 5.75 Å². The molecule has 30 heavy (non-hydrogen) atoms. The van der Waals surface area contributed by atoms with Gasteiger partial charge in [0.15, 0.2) is 0 Å². The van der Waals surface area contributed by atoms with Crippen molar-refractivity contribution in [3.63, 3.8) is 0 Å². The highest BCUT2D eigenvalue weighted by atomic mass is 16.3. The monoisotopic (exact) mass is 410 g/mol. The lowest BCUT2D eigenvalue weighted by Crippen LogP contribution is -2.53. The van der Waals surface area contributed by atoms with E-state index in [0.717, 1.165) is 30.6 Å². The van der Waals surface area contributed by atoms with Crippen molar-refractivity contribution in [1.29, 1.82) is 0 Å². The van der Waals surface area contributed by atoms with Crippen molar-refractivity contribution in [1.82, 2.24) is 0 Å². The third-order valence-corrected chi connectivity index (χ3v) is 10.8. The molecule has 4 aliphatic carbocycles. The molecule has 0 bridgehead atoms. The van der Waals surface area contributed by atoms with Crippen LogP contribution in [0.4, 0.5) is 0 Å². The molecule has 0 aliphatic heterocycles. The maximum Gasteiger partial charge on any atom is 0.115 e. The van der Waals surface area contributed by atoms with Gasteiger partial charge in [-0.25, -0.2) is 0 Å². The van der Waals surface area contributed by atoms with Crippen LogP contribution in [0.3, 0.4) is 0 Å². The lowest BCUT2D eigenvalue weighted by atomic mass is 9.44. The van der Waals surface area contributed by atoms with E-state index in [2.05, 4.69) is 26.8 Å². The average Bonchev–Trinajstić information content (AvgIpc) is 2.97. The van der Waals surface area contributed by atoms with Gasteiger partial charge in [0.25, 0.3) is 0 Å². The number of phenols is 1. The predicted molar refractivity (Wildman–Crippen MR) is 122 cm³/mol. The number of aliphatic hydroxyl groups excluding tert-OH is 1. The highest BCUT2D eigenvalue weighted by molar-refractivity contribution is 5.27. The van der Waals surface area contributed by atoms with Crippen LogP contribution in [0.5, 0.6) is 5.75 Å². The first-order valence-electron chi connectivity index (χ1n) is 12.8. The second kappa shape index (κ2) is 7.54. The van der Waals surface area contributed by atoms with Crippen molar-refractivity contribution in [3.8, 4) is 5.75 Å². The Hall–Kier alpha value is -1.02. The van der Waals surface area contributed by atoms with Crippen LogP contribution in [0.15, 0.2) is 24.3 Å². The van der Waals surface area contributed by atoms with Gasteiger partial charge in [0.05, 0.1) is 6.10 Å². The fourth-order valence-electron chi connectivity index (χ4n) is 9.56. The van der Waals surface area contributed by atoms with E-state index in [1.807, 2.05) is 12.1 Å². The normalized spacial score (nSPS) is 46.5. The van der Waals surface area contributed by atoms with Crippen LogP contribution in [0, 0.1) is 46.3 Å². The Morgan fingerprint density at radius 1 is 1.00 bits per heavy atom. The molecule has 2 N–H and O–H groups in total. The molecule has 5 rings (SSSR count). The smallest absolute Gasteiger partial charge is 0.115 e. The van der Waals surface area contributed by atoms with E-state index in [-0.39, 0.29) is 11.5 Å². The van der Waals surface area contributed by atoms with Crippen molar-refractivity contribution < 1.29 is 10.2 Å². The van der Waals surface area contributed by atoms with Gasteiger partial charge < -0.3 is 10.2 Å². The number of hydrogen-bond acceptors (Lipinski definition) is 2. The van der Waals surface area contributed by atoms with Crippen LogP contribution in [-0.2, 0) is 6.42 Å². The minimum atomic E-state index is -0.164. The van der Waals surface area contributed by atoms with E-state index in [9.17, 15) is 10.2 Å². The third kappa shape index (κ3) is 3.15. The third-order valence-electron chi connectivity index (χ3n) is 10.8. The van der Waals surface area contributed by atoms with E-state index in [1.165, 1.54) is 56.9 Å². The van der Waals surface area contributed by atoms with Crippen LogP contribution in [-0.4, -0.2) is 16.3 Å². The Morgan fingerprint density at radius 3 is 2.63 bits per heavy atom. The average molecular weight is 411 g/mol. The van der Waals surface area contributed by atoms with E-state index in [4.69, 9.17) is 0 Å². The van der Waals surface area contributed by atoms with Crippen molar-refractivity contribution in [3.05, 3.63) is 29.8 Å². The van der Waals surface area contributed by atoms with Gasteiger partial charge in [-0.15, -0.1) is 0 Å². The van der Waals surface area contributed by atoms with Crippen LogP contribution in [0.1, 0.15) is 84.1 Å². The van der Waals surface area contributed by atoms with Gasteiger partial charge in [-0.3, -0.25) is 0 Å². The topological polar surface area (TPSA) is 40.5 Å². The standard InChI is InChI=1S/C28H42O2/c1-18(15-19-7-6-9-21(29)16-19)26-25(30)17-24-22-11-10-20-8-4-5-13-27(20,2)23(22)12-14-28(24,26)3/h6-7,9,16,18,20,22-26,29-30H,4-5,8,10-15,17H2,1-3H3/t18?,20?,22-,23+,24+,25+,26+,27+,28+/m1/s1. The molecule has 2 nitrogen and oxygen atoms in total. The molecule has 0 heterocycles. The van der Waals surface area contributed by atoms with Crippen molar-refractivity contribution in [2.24, 2.45) is 46.3 Å². The summed E-state index contributed by atoms with van der Waals surface area (Å²) in [5.41, 5.74) is 2.04. The molecule has 4 aliphatic rings. The maximum absolute atomic E-state index is 11.3. The second-order valence-corrected chi connectivity index (χ2v) is 12.1. The molecule has 2 unspecified atom stereocenters. The first-order chi connectivity index (χ1) is 14.3. The molecule has 166 valence electrons. The fourth-order valence-corrected chi connectivity index (χ4v) is 9.56. The molecular weight excluding hydrogens is 368 g/mol. The summed E-state index contributed by atoms with van der Waals surface area (Å²) in [4.78, 5) is 0. The molecule has 0 radical (unpaired) electrons. The zero-order valence-corrected chi connectivity index (χ0v) is 19.3. The molecule has 4 fully saturated rings. The van der Waals surface area contributed by atoms with Crippen LogP contribution < -0.4 is 0 Å². The molecule has 2 heteroatoms. The lowest BCUT2D eigenvalue weighted by Gasteiger charge is -2.60. The summed E-state index contributed by atoms with van der Waals surface area (Å²) in [5, 5.41) is 21.2. The zero-order valence-electron chi connectivity index (χ0n) is 19.3.